The molecular weight excluding hydrogens is 1020 g/mol. The zero-order valence-electron chi connectivity index (χ0n) is 56.2. The zero-order chi connectivity index (χ0) is 59.9. The lowest BCUT2D eigenvalue weighted by Crippen LogP contribution is -2.45. The lowest BCUT2D eigenvalue weighted by atomic mass is 10.0. The number of rotatable bonds is 71. The van der Waals surface area contributed by atoms with E-state index in [0.29, 0.717) is 19.4 Å². The van der Waals surface area contributed by atoms with Crippen molar-refractivity contribution in [2.75, 3.05) is 13.2 Å². The molecule has 0 aromatic rings. The molecule has 1 amide bonds. The number of carbonyl (C=O) groups excluding carboxylic acids is 2. The summed E-state index contributed by atoms with van der Waals surface area (Å²) >= 11 is 0. The first-order valence-electron chi connectivity index (χ1n) is 37.8. The van der Waals surface area contributed by atoms with Crippen LogP contribution in [-0.2, 0) is 14.3 Å². The number of ether oxygens (including phenoxy) is 1. The van der Waals surface area contributed by atoms with Crippen molar-refractivity contribution >= 4 is 11.9 Å². The van der Waals surface area contributed by atoms with Crippen LogP contribution in [0.5, 0.6) is 0 Å². The molecule has 6 heteroatoms. The number of allylic oxidation sites excluding steroid dienone is 5. The van der Waals surface area contributed by atoms with Crippen molar-refractivity contribution in [2.24, 2.45) is 0 Å². The molecule has 0 aromatic carbocycles. The van der Waals surface area contributed by atoms with E-state index in [1.54, 1.807) is 6.08 Å². The summed E-state index contributed by atoms with van der Waals surface area (Å²) in [5.41, 5.74) is 0. The second-order valence-electron chi connectivity index (χ2n) is 26.0. The highest BCUT2D eigenvalue weighted by Gasteiger charge is 2.18. The molecular formula is C77H147NO5. The van der Waals surface area contributed by atoms with Crippen molar-refractivity contribution < 1.29 is 24.5 Å². The summed E-state index contributed by atoms with van der Waals surface area (Å²) in [4.78, 5) is 24.7. The highest BCUT2D eigenvalue weighted by molar-refractivity contribution is 5.76. The molecule has 0 bridgehead atoms. The molecule has 3 N–H and O–H groups in total. The fraction of sp³-hybridized carbons (Fsp3) is 0.896. The van der Waals surface area contributed by atoms with E-state index in [2.05, 4.69) is 43.5 Å². The van der Waals surface area contributed by atoms with Crippen molar-refractivity contribution in [3.8, 4) is 0 Å². The molecule has 0 fully saturated rings. The van der Waals surface area contributed by atoms with Gasteiger partial charge in [0.1, 0.15) is 0 Å². The summed E-state index contributed by atoms with van der Waals surface area (Å²) in [6.45, 7) is 4.94. The lowest BCUT2D eigenvalue weighted by Gasteiger charge is -2.20. The Kier molecular flexibility index (Phi) is 70.9. The SMILES string of the molecule is CCCCCCCC/C=C\CCCCCCCCCCCC(=O)OCCCCCCCCCCCCCC/C=C\CCCCCCCCCC(=O)NC(CO)C(O)/C=C/CCCCCCCCCCCCCCCCCCCCCCCC. The van der Waals surface area contributed by atoms with Gasteiger partial charge in [-0.25, -0.2) is 0 Å². The molecule has 6 nitrogen and oxygen atoms in total. The molecule has 0 saturated heterocycles. The fourth-order valence-corrected chi connectivity index (χ4v) is 11.9. The van der Waals surface area contributed by atoms with E-state index in [4.69, 9.17) is 4.74 Å². The summed E-state index contributed by atoms with van der Waals surface area (Å²) in [6, 6.07) is -0.634. The molecule has 0 aliphatic heterocycles. The minimum Gasteiger partial charge on any atom is -0.466 e. The van der Waals surface area contributed by atoms with Crippen LogP contribution in [0, 0.1) is 0 Å². The minimum atomic E-state index is -0.850. The van der Waals surface area contributed by atoms with Gasteiger partial charge in [0.25, 0.3) is 0 Å². The minimum absolute atomic E-state index is 0.0114. The molecule has 0 rings (SSSR count). The Labute approximate surface area is 519 Å². The van der Waals surface area contributed by atoms with Crippen LogP contribution in [0.4, 0.5) is 0 Å². The molecule has 0 aliphatic rings. The Balaban J connectivity index is 3.42. The maximum absolute atomic E-state index is 12.5. The van der Waals surface area contributed by atoms with Gasteiger partial charge in [0.2, 0.25) is 5.91 Å². The Morgan fingerprint density at radius 2 is 0.566 bits per heavy atom. The van der Waals surface area contributed by atoms with Gasteiger partial charge in [0.05, 0.1) is 25.4 Å². The van der Waals surface area contributed by atoms with Gasteiger partial charge in [0, 0.05) is 12.8 Å². The summed E-state index contributed by atoms with van der Waals surface area (Å²) in [6.07, 6.45) is 93.8. The van der Waals surface area contributed by atoms with Crippen molar-refractivity contribution in [3.05, 3.63) is 36.5 Å². The Morgan fingerprint density at radius 1 is 0.325 bits per heavy atom. The van der Waals surface area contributed by atoms with Crippen molar-refractivity contribution in [3.63, 3.8) is 0 Å². The van der Waals surface area contributed by atoms with E-state index in [1.165, 1.54) is 340 Å². The van der Waals surface area contributed by atoms with Crippen molar-refractivity contribution in [1.29, 1.82) is 0 Å². The monoisotopic (exact) mass is 1170 g/mol. The number of aliphatic hydroxyl groups is 2. The third kappa shape index (κ3) is 69.1. The smallest absolute Gasteiger partial charge is 0.305 e. The zero-order valence-corrected chi connectivity index (χ0v) is 56.2. The van der Waals surface area contributed by atoms with E-state index >= 15 is 0 Å². The molecule has 0 radical (unpaired) electrons. The second kappa shape index (κ2) is 72.6. The first-order chi connectivity index (χ1) is 41.0. The maximum Gasteiger partial charge on any atom is 0.305 e. The van der Waals surface area contributed by atoms with Crippen LogP contribution in [0.1, 0.15) is 418 Å². The van der Waals surface area contributed by atoms with Crippen molar-refractivity contribution in [1.82, 2.24) is 5.32 Å². The number of aliphatic hydroxyl groups excluding tert-OH is 2. The van der Waals surface area contributed by atoms with Crippen LogP contribution in [0.3, 0.4) is 0 Å². The number of carbonyl (C=O) groups is 2. The molecule has 0 spiro atoms. The van der Waals surface area contributed by atoms with Crippen LogP contribution < -0.4 is 5.32 Å². The van der Waals surface area contributed by atoms with Crippen LogP contribution in [-0.4, -0.2) is 47.4 Å². The Bertz CT molecular complexity index is 1340. The van der Waals surface area contributed by atoms with Gasteiger partial charge >= 0.3 is 5.97 Å². The predicted molar refractivity (Wildman–Crippen MR) is 366 cm³/mol. The highest BCUT2D eigenvalue weighted by Crippen LogP contribution is 2.19. The molecule has 83 heavy (non-hydrogen) atoms. The van der Waals surface area contributed by atoms with E-state index in [9.17, 15) is 19.8 Å². The van der Waals surface area contributed by atoms with Crippen molar-refractivity contribution in [2.45, 2.75) is 431 Å². The molecule has 2 atom stereocenters. The topological polar surface area (TPSA) is 95.9 Å². The maximum atomic E-state index is 12.5. The highest BCUT2D eigenvalue weighted by atomic mass is 16.5. The number of amides is 1. The van der Waals surface area contributed by atoms with Crippen LogP contribution >= 0.6 is 0 Å². The van der Waals surface area contributed by atoms with Gasteiger partial charge in [-0.05, 0) is 83.5 Å². The predicted octanol–water partition coefficient (Wildman–Crippen LogP) is 24.7. The molecule has 490 valence electrons. The van der Waals surface area contributed by atoms with E-state index in [1.807, 2.05) is 6.08 Å². The Morgan fingerprint density at radius 3 is 0.855 bits per heavy atom. The summed E-state index contributed by atoms with van der Waals surface area (Å²) in [7, 11) is 0. The van der Waals surface area contributed by atoms with Crippen LogP contribution in [0.25, 0.3) is 0 Å². The number of hydrogen-bond acceptors (Lipinski definition) is 5. The van der Waals surface area contributed by atoms with Gasteiger partial charge in [-0.15, -0.1) is 0 Å². The Hall–Kier alpha value is -1.92. The fourth-order valence-electron chi connectivity index (χ4n) is 11.9. The molecule has 0 saturated carbocycles. The van der Waals surface area contributed by atoms with E-state index < -0.39 is 12.1 Å². The molecule has 0 aromatic heterocycles. The first-order valence-corrected chi connectivity index (χ1v) is 37.8. The normalized spacial score (nSPS) is 12.7. The van der Waals surface area contributed by atoms with Gasteiger partial charge in [-0.1, -0.05) is 359 Å². The van der Waals surface area contributed by atoms with Crippen LogP contribution in [0.15, 0.2) is 36.5 Å². The van der Waals surface area contributed by atoms with E-state index in [0.717, 1.165) is 51.4 Å². The summed E-state index contributed by atoms with van der Waals surface area (Å²) in [5, 5.41) is 23.3. The molecule has 0 heterocycles. The standard InChI is InChI=1S/C77H147NO5/c1-3-5-7-9-11-13-15-17-19-21-23-24-25-27-30-34-37-41-45-49-53-57-61-65-69-75(80)74(73-79)78-76(81)70-66-62-58-54-50-46-42-38-35-31-28-26-29-32-36-40-44-48-52-56-60-64-68-72-83-77(82)71-67-63-59-55-51-47-43-39-33-22-20-18-16-14-12-10-8-6-4-2/h18,20,31,35,65,69,74-75,79-80H,3-17,19,21-30,32-34,36-64,66-68,70-73H2,1-2H3,(H,78,81)/b20-18-,35-31-,69-65+. The average molecular weight is 1170 g/mol. The molecule has 0 aliphatic carbocycles. The number of esters is 1. The summed E-state index contributed by atoms with van der Waals surface area (Å²) < 4.78 is 5.51. The lowest BCUT2D eigenvalue weighted by molar-refractivity contribution is -0.143. The number of unbranched alkanes of at least 4 members (excludes halogenated alkanes) is 56. The van der Waals surface area contributed by atoms with Crippen LogP contribution in [0.2, 0.25) is 0 Å². The first kappa shape index (κ1) is 81.1. The largest absolute Gasteiger partial charge is 0.466 e. The number of hydrogen-bond donors (Lipinski definition) is 3. The van der Waals surface area contributed by atoms with E-state index in [-0.39, 0.29) is 18.5 Å². The third-order valence-corrected chi connectivity index (χ3v) is 17.6. The van der Waals surface area contributed by atoms with Gasteiger partial charge in [-0.2, -0.15) is 0 Å². The third-order valence-electron chi connectivity index (χ3n) is 17.6. The number of nitrogens with one attached hydrogen (secondary N) is 1. The average Bonchev–Trinajstić information content (AvgIpc) is 3.49. The second-order valence-corrected chi connectivity index (χ2v) is 26.0. The van der Waals surface area contributed by atoms with Gasteiger partial charge in [0.15, 0.2) is 0 Å². The van der Waals surface area contributed by atoms with Gasteiger partial charge in [-0.3, -0.25) is 9.59 Å². The van der Waals surface area contributed by atoms with Gasteiger partial charge < -0.3 is 20.3 Å². The molecule has 2 unspecified atom stereocenters. The summed E-state index contributed by atoms with van der Waals surface area (Å²) in [5.74, 6) is -0.0586. The quantitative estimate of drug-likeness (QED) is 0.0320.